The van der Waals surface area contributed by atoms with Crippen molar-refractivity contribution in [3.05, 3.63) is 21.9 Å². The zero-order chi connectivity index (χ0) is 14.5. The van der Waals surface area contributed by atoms with Gasteiger partial charge in [-0.15, -0.1) is 11.3 Å². The van der Waals surface area contributed by atoms with E-state index in [1.54, 1.807) is 0 Å². The molecule has 1 aromatic heterocycles. The van der Waals surface area contributed by atoms with Gasteiger partial charge in [0.2, 0.25) is 0 Å². The SMILES string of the molecule is NCC1CN(Cc2ccc(CN3CCCCC3)s2)CCO1. The number of piperidine rings is 1. The minimum absolute atomic E-state index is 0.214. The average Bonchev–Trinajstić information content (AvgIpc) is 2.95. The third kappa shape index (κ3) is 4.50. The van der Waals surface area contributed by atoms with Crippen molar-refractivity contribution in [2.24, 2.45) is 5.73 Å². The van der Waals surface area contributed by atoms with Gasteiger partial charge in [-0.2, -0.15) is 0 Å². The standard InChI is InChI=1S/C16H27N3OS/c17-10-14-11-19(8-9-20-14)13-16-5-4-15(21-16)12-18-6-2-1-3-7-18/h4-5,14H,1-3,6-13,17H2. The largest absolute Gasteiger partial charge is 0.374 e. The van der Waals surface area contributed by atoms with E-state index in [-0.39, 0.29) is 6.10 Å². The predicted octanol–water partition coefficient (Wildman–Crippen LogP) is 1.89. The summed E-state index contributed by atoms with van der Waals surface area (Å²) in [5.41, 5.74) is 5.71. The Balaban J connectivity index is 1.50. The molecule has 3 heterocycles. The summed E-state index contributed by atoms with van der Waals surface area (Å²) in [4.78, 5) is 8.05. The van der Waals surface area contributed by atoms with Gasteiger partial charge in [-0.25, -0.2) is 0 Å². The molecule has 5 heteroatoms. The number of hydrogen-bond acceptors (Lipinski definition) is 5. The fourth-order valence-corrected chi connectivity index (χ4v) is 4.32. The van der Waals surface area contributed by atoms with Crippen LogP contribution in [0, 0.1) is 0 Å². The van der Waals surface area contributed by atoms with Gasteiger partial charge >= 0.3 is 0 Å². The van der Waals surface area contributed by atoms with E-state index >= 15 is 0 Å². The van der Waals surface area contributed by atoms with Crippen molar-refractivity contribution in [1.29, 1.82) is 0 Å². The van der Waals surface area contributed by atoms with Crippen LogP contribution in [0.25, 0.3) is 0 Å². The molecule has 2 aliphatic heterocycles. The Morgan fingerprint density at radius 2 is 1.76 bits per heavy atom. The minimum Gasteiger partial charge on any atom is -0.374 e. The van der Waals surface area contributed by atoms with Gasteiger partial charge in [0.25, 0.3) is 0 Å². The Hall–Kier alpha value is -0.460. The molecule has 2 saturated heterocycles. The summed E-state index contributed by atoms with van der Waals surface area (Å²) >= 11 is 1.97. The second-order valence-electron chi connectivity index (χ2n) is 6.17. The first-order chi connectivity index (χ1) is 10.3. The molecule has 0 saturated carbocycles. The second kappa shape index (κ2) is 7.70. The lowest BCUT2D eigenvalue weighted by Gasteiger charge is -2.31. The lowest BCUT2D eigenvalue weighted by Crippen LogP contribution is -2.44. The van der Waals surface area contributed by atoms with Crippen LogP contribution in [0.1, 0.15) is 29.0 Å². The van der Waals surface area contributed by atoms with Gasteiger partial charge in [0.1, 0.15) is 0 Å². The van der Waals surface area contributed by atoms with E-state index in [2.05, 4.69) is 21.9 Å². The van der Waals surface area contributed by atoms with Crippen LogP contribution in [0.4, 0.5) is 0 Å². The van der Waals surface area contributed by atoms with E-state index in [4.69, 9.17) is 10.5 Å². The smallest absolute Gasteiger partial charge is 0.0824 e. The van der Waals surface area contributed by atoms with E-state index in [0.717, 1.165) is 32.8 Å². The maximum absolute atomic E-state index is 5.71. The first-order valence-corrected chi connectivity index (χ1v) is 8.99. The van der Waals surface area contributed by atoms with Crippen molar-refractivity contribution >= 4 is 11.3 Å². The highest BCUT2D eigenvalue weighted by atomic mass is 32.1. The molecular weight excluding hydrogens is 282 g/mol. The molecule has 1 aromatic rings. The van der Waals surface area contributed by atoms with Crippen molar-refractivity contribution in [3.63, 3.8) is 0 Å². The van der Waals surface area contributed by atoms with Crippen molar-refractivity contribution in [2.75, 3.05) is 39.3 Å². The Kier molecular flexibility index (Phi) is 5.66. The van der Waals surface area contributed by atoms with E-state index in [1.165, 1.54) is 42.1 Å². The van der Waals surface area contributed by atoms with Gasteiger partial charge in [0, 0.05) is 42.5 Å². The van der Waals surface area contributed by atoms with E-state index in [1.807, 2.05) is 11.3 Å². The number of nitrogens with two attached hydrogens (primary N) is 1. The van der Waals surface area contributed by atoms with Gasteiger partial charge in [-0.05, 0) is 38.1 Å². The van der Waals surface area contributed by atoms with E-state index in [0.29, 0.717) is 6.54 Å². The van der Waals surface area contributed by atoms with Gasteiger partial charge in [0.15, 0.2) is 0 Å². The summed E-state index contributed by atoms with van der Waals surface area (Å²) in [6.45, 7) is 8.16. The molecule has 21 heavy (non-hydrogen) atoms. The average molecular weight is 309 g/mol. The summed E-state index contributed by atoms with van der Waals surface area (Å²) in [5, 5.41) is 0. The second-order valence-corrected chi connectivity index (χ2v) is 7.42. The van der Waals surface area contributed by atoms with Gasteiger partial charge in [0.05, 0.1) is 12.7 Å². The highest BCUT2D eigenvalue weighted by Crippen LogP contribution is 2.22. The highest BCUT2D eigenvalue weighted by molar-refractivity contribution is 7.11. The zero-order valence-electron chi connectivity index (χ0n) is 12.8. The molecule has 0 aromatic carbocycles. The molecule has 1 atom stereocenters. The highest BCUT2D eigenvalue weighted by Gasteiger charge is 2.20. The van der Waals surface area contributed by atoms with Gasteiger partial charge < -0.3 is 10.5 Å². The van der Waals surface area contributed by atoms with Gasteiger partial charge in [-0.3, -0.25) is 9.80 Å². The maximum atomic E-state index is 5.71. The summed E-state index contributed by atoms with van der Waals surface area (Å²) in [7, 11) is 0. The Labute approximate surface area is 131 Å². The molecule has 1 unspecified atom stereocenters. The van der Waals surface area contributed by atoms with Crippen LogP contribution >= 0.6 is 11.3 Å². The first-order valence-electron chi connectivity index (χ1n) is 8.17. The third-order valence-electron chi connectivity index (χ3n) is 4.41. The monoisotopic (exact) mass is 309 g/mol. The molecule has 0 aliphatic carbocycles. The van der Waals surface area contributed by atoms with E-state index in [9.17, 15) is 0 Å². The van der Waals surface area contributed by atoms with Crippen LogP contribution in [-0.2, 0) is 17.8 Å². The molecule has 0 amide bonds. The maximum Gasteiger partial charge on any atom is 0.0824 e. The fourth-order valence-electron chi connectivity index (χ4n) is 3.22. The Morgan fingerprint density at radius 3 is 2.48 bits per heavy atom. The topological polar surface area (TPSA) is 41.7 Å². The van der Waals surface area contributed by atoms with Crippen LogP contribution in [0.2, 0.25) is 0 Å². The van der Waals surface area contributed by atoms with Crippen LogP contribution in [-0.4, -0.2) is 55.2 Å². The van der Waals surface area contributed by atoms with Crippen LogP contribution in [0.15, 0.2) is 12.1 Å². The normalized spacial score (nSPS) is 25.3. The number of rotatable bonds is 5. The number of hydrogen-bond donors (Lipinski definition) is 1. The molecule has 2 aliphatic rings. The third-order valence-corrected chi connectivity index (χ3v) is 5.47. The zero-order valence-corrected chi connectivity index (χ0v) is 13.6. The summed E-state index contributed by atoms with van der Waals surface area (Å²) < 4.78 is 5.63. The van der Waals surface area contributed by atoms with Crippen molar-refractivity contribution in [1.82, 2.24) is 9.80 Å². The summed E-state index contributed by atoms with van der Waals surface area (Å²) in [6, 6.07) is 4.62. The first kappa shape index (κ1) is 15.4. The van der Waals surface area contributed by atoms with Crippen molar-refractivity contribution in [2.45, 2.75) is 38.5 Å². The number of morpholine rings is 1. The predicted molar refractivity (Wildman–Crippen MR) is 87.5 cm³/mol. The lowest BCUT2D eigenvalue weighted by molar-refractivity contribution is -0.0257. The number of nitrogens with zero attached hydrogens (tertiary/aromatic N) is 2. The molecular formula is C16H27N3OS. The van der Waals surface area contributed by atoms with Crippen molar-refractivity contribution in [3.8, 4) is 0 Å². The van der Waals surface area contributed by atoms with Gasteiger partial charge in [-0.1, -0.05) is 6.42 Å². The molecule has 0 radical (unpaired) electrons. The number of ether oxygens (including phenoxy) is 1. The fraction of sp³-hybridized carbons (Fsp3) is 0.750. The molecule has 2 fully saturated rings. The minimum atomic E-state index is 0.214. The molecule has 118 valence electrons. The summed E-state index contributed by atoms with van der Waals surface area (Å²) in [5.74, 6) is 0. The van der Waals surface area contributed by atoms with Crippen LogP contribution < -0.4 is 5.73 Å². The number of likely N-dealkylation sites (tertiary alicyclic amines) is 1. The molecule has 0 spiro atoms. The molecule has 4 nitrogen and oxygen atoms in total. The number of thiophene rings is 1. The Bertz CT molecular complexity index is 431. The summed E-state index contributed by atoms with van der Waals surface area (Å²) in [6.07, 6.45) is 4.36. The van der Waals surface area contributed by atoms with Crippen molar-refractivity contribution < 1.29 is 4.74 Å². The Morgan fingerprint density at radius 1 is 1.05 bits per heavy atom. The van der Waals surface area contributed by atoms with E-state index < -0.39 is 0 Å². The molecule has 3 rings (SSSR count). The van der Waals surface area contributed by atoms with Crippen LogP contribution in [0.3, 0.4) is 0 Å². The molecule has 0 bridgehead atoms. The van der Waals surface area contributed by atoms with Crippen LogP contribution in [0.5, 0.6) is 0 Å². The molecule has 2 N–H and O–H groups in total. The lowest BCUT2D eigenvalue weighted by atomic mass is 10.1. The quantitative estimate of drug-likeness (QED) is 0.902.